The van der Waals surface area contributed by atoms with Crippen molar-refractivity contribution < 1.29 is 67.4 Å². The molecule has 1 aromatic carbocycles. The zero-order valence-electron chi connectivity index (χ0n) is 73.0. The number of aliphatic hydroxyl groups is 2. The molecule has 0 saturated carbocycles. The van der Waals surface area contributed by atoms with Gasteiger partial charge in [0.05, 0.1) is 37.9 Å². The van der Waals surface area contributed by atoms with Gasteiger partial charge in [0.2, 0.25) is 10.0 Å². The largest absolute Gasteiger partial charge is 0.396 e. The maximum atomic E-state index is 13.6. The van der Waals surface area contributed by atoms with Gasteiger partial charge in [0, 0.05) is 66.1 Å². The summed E-state index contributed by atoms with van der Waals surface area (Å²) < 4.78 is 87.3. The molecule has 1 aromatic rings. The zero-order chi connectivity index (χ0) is 80.8. The molecule has 5 heterocycles. The first-order chi connectivity index (χ1) is 51.8. The number of hydrogen-bond donors (Lipinski definition) is 4. The van der Waals surface area contributed by atoms with Crippen LogP contribution in [-0.2, 0) is 57.4 Å². The highest BCUT2D eigenvalue weighted by Crippen LogP contribution is 2.33. The minimum atomic E-state index is -3.55. The highest BCUT2D eigenvalue weighted by Gasteiger charge is 2.30. The Bertz CT molecular complexity index is 2310. The highest BCUT2D eigenvalue weighted by molar-refractivity contribution is 9.09. The minimum absolute atomic E-state index is 0. The molecule has 17 nitrogen and oxygen atoms in total. The van der Waals surface area contributed by atoms with Gasteiger partial charge in [-0.2, -0.15) is 4.31 Å². The van der Waals surface area contributed by atoms with Gasteiger partial charge in [-0.15, -0.1) is 13.2 Å². The number of nitrogens with zero attached hydrogens (tertiary/aromatic N) is 1. The molecular formula is C90H174BrN3O14S. The molecule has 4 N–H and O–H groups in total. The van der Waals surface area contributed by atoms with Gasteiger partial charge in [-0.1, -0.05) is 176 Å². The Morgan fingerprint density at radius 2 is 0.633 bits per heavy atom. The lowest BCUT2D eigenvalue weighted by atomic mass is 9.88. The van der Waals surface area contributed by atoms with Gasteiger partial charge in [-0.05, 0) is 269 Å². The molecule has 0 bridgehead atoms. The smallest absolute Gasteiger partial charge is 0.243 e. The van der Waals surface area contributed by atoms with Crippen molar-refractivity contribution in [1.82, 2.24) is 14.9 Å². The fourth-order valence-electron chi connectivity index (χ4n) is 13.7. The van der Waals surface area contributed by atoms with E-state index in [1.54, 1.807) is 16.4 Å². The molecule has 0 aromatic heterocycles. The number of aliphatic hydroxyl groups excluding tert-OH is 2. The second kappa shape index (κ2) is 59.4. The first kappa shape index (κ1) is 104. The molecular weight excluding hydrogens is 1460 g/mol. The zero-order valence-corrected chi connectivity index (χ0v) is 75.4. The Kier molecular flexibility index (Phi) is 56.6. The monoisotopic (exact) mass is 1630 g/mol. The van der Waals surface area contributed by atoms with Crippen LogP contribution in [0.2, 0.25) is 0 Å². The first-order valence-electron chi connectivity index (χ1n) is 43.7. The lowest BCUT2D eigenvalue weighted by molar-refractivity contribution is -0.176. The average molecular weight is 1630 g/mol. The van der Waals surface area contributed by atoms with E-state index in [0.29, 0.717) is 31.2 Å². The van der Waals surface area contributed by atoms with E-state index >= 15 is 0 Å². The number of unbranched alkanes of at least 4 members (excludes halogenated alkanes) is 7. The molecule has 0 amide bonds. The standard InChI is InChI=1S/C33H57NO6S.C26H51NO4.C16H35NO2.C13H25BrO2.C2H4.H2/c1-28-16-18-29(19-17-28)41(35,36)34(22-10-8-20-32(2,3)26-39-30-14-6-12-24-37-30)23-11-9-21-33(4,5)27-40-31-15-7-13-25-38-31;1-25(2,21-30-23-13-5-11-19-28-23)15-7-9-17-27-18-10-8-16-26(3,4)22-31-24-14-6-12-20-29-24;1-15(2,13-18)9-5-7-11-17-12-8-6-10-16(3,4)14-19;1-13(2,8-4-5-9-14)11-16-12-7-3-6-10-15-12;1-2;/h16-19,30-31H,6-15,20-27H2,1-5H3;23-24,27H,5-22H2,1-4H3;17-19H,5-14H2,1-4H3;12H,3-11H2,1-2H3;1-2H2;1H. The molecule has 5 aliphatic heterocycles. The van der Waals surface area contributed by atoms with Gasteiger partial charge in [0.15, 0.2) is 31.5 Å². The van der Waals surface area contributed by atoms with Crippen LogP contribution in [0.15, 0.2) is 42.3 Å². The van der Waals surface area contributed by atoms with Crippen molar-refractivity contribution in [2.75, 3.05) is 124 Å². The predicted molar refractivity (Wildman–Crippen MR) is 458 cm³/mol. The number of aryl methyl sites for hydroxylation is 1. The Morgan fingerprint density at radius 3 is 0.862 bits per heavy atom. The van der Waals surface area contributed by atoms with E-state index in [-0.39, 0.29) is 84.0 Å². The van der Waals surface area contributed by atoms with Gasteiger partial charge in [-0.3, -0.25) is 0 Å². The summed E-state index contributed by atoms with van der Waals surface area (Å²) in [6, 6.07) is 7.22. The third-order valence-electron chi connectivity index (χ3n) is 21.6. The normalized spacial score (nSPS) is 20.0. The Labute approximate surface area is 680 Å². The summed E-state index contributed by atoms with van der Waals surface area (Å²) in [5.74, 6) is 0. The van der Waals surface area contributed by atoms with Crippen LogP contribution in [-0.4, -0.2) is 178 Å². The summed E-state index contributed by atoms with van der Waals surface area (Å²) in [6.45, 7) is 53.1. The maximum Gasteiger partial charge on any atom is 0.243 e. The Morgan fingerprint density at radius 1 is 0.394 bits per heavy atom. The average Bonchev–Trinajstić information content (AvgIpc) is 0.813. The summed E-state index contributed by atoms with van der Waals surface area (Å²) >= 11 is 3.47. The lowest BCUT2D eigenvalue weighted by Crippen LogP contribution is -2.33. The van der Waals surface area contributed by atoms with Gasteiger partial charge < -0.3 is 68.2 Å². The third kappa shape index (κ3) is 54.4. The molecule has 5 unspecified atom stereocenters. The third-order valence-corrected chi connectivity index (χ3v) is 24.1. The number of nitrogens with one attached hydrogen (secondary N) is 2. The minimum Gasteiger partial charge on any atom is -0.396 e. The number of sulfonamides is 1. The first-order valence-corrected chi connectivity index (χ1v) is 46.3. The fourth-order valence-corrected chi connectivity index (χ4v) is 15.6. The van der Waals surface area contributed by atoms with Gasteiger partial charge >= 0.3 is 0 Å². The fraction of sp³-hybridized carbons (Fsp3) is 0.911. The number of halogens is 1. The highest BCUT2D eigenvalue weighted by atomic mass is 79.9. The van der Waals surface area contributed by atoms with Gasteiger partial charge in [-0.25, -0.2) is 8.42 Å². The Hall–Kier alpha value is -1.21. The van der Waals surface area contributed by atoms with Crippen LogP contribution in [0.25, 0.3) is 0 Å². The van der Waals surface area contributed by atoms with Crippen LogP contribution in [0, 0.1) is 44.8 Å². The Balaban J connectivity index is 0.000000773. The van der Waals surface area contributed by atoms with E-state index in [1.165, 1.54) is 122 Å². The van der Waals surface area contributed by atoms with Crippen LogP contribution in [0.5, 0.6) is 0 Å². The number of alkyl halides is 1. The number of benzene rings is 1. The molecule has 5 saturated heterocycles. The molecule has 5 aliphatic rings. The van der Waals surface area contributed by atoms with Crippen molar-refractivity contribution in [3.63, 3.8) is 0 Å². The summed E-state index contributed by atoms with van der Waals surface area (Å²) in [5, 5.41) is 26.5. The summed E-state index contributed by atoms with van der Waals surface area (Å²) in [5.41, 5.74) is 2.01. The molecule has 0 spiro atoms. The topological polar surface area (TPSA) is 194 Å². The molecule has 109 heavy (non-hydrogen) atoms. The van der Waals surface area contributed by atoms with Gasteiger partial charge in [0.1, 0.15) is 0 Å². The quantitative estimate of drug-likeness (QED) is 0.0273. The molecule has 646 valence electrons. The van der Waals surface area contributed by atoms with Crippen molar-refractivity contribution in [2.24, 2.45) is 37.9 Å². The second-order valence-corrected chi connectivity index (χ2v) is 40.3. The molecule has 5 atom stereocenters. The molecule has 0 aliphatic carbocycles. The summed E-state index contributed by atoms with van der Waals surface area (Å²) in [4.78, 5) is 0.380. The number of ether oxygens (including phenoxy) is 10. The van der Waals surface area contributed by atoms with Crippen LogP contribution in [0.3, 0.4) is 0 Å². The van der Waals surface area contributed by atoms with E-state index < -0.39 is 10.0 Å². The van der Waals surface area contributed by atoms with Crippen molar-refractivity contribution >= 4 is 26.0 Å². The van der Waals surface area contributed by atoms with E-state index in [4.69, 9.17) is 57.6 Å². The lowest BCUT2D eigenvalue weighted by Gasteiger charge is -2.30. The maximum absolute atomic E-state index is 13.6. The van der Waals surface area contributed by atoms with Crippen molar-refractivity contribution in [3.8, 4) is 0 Å². The number of hydrogen-bond acceptors (Lipinski definition) is 16. The molecule has 0 radical (unpaired) electrons. The predicted octanol–water partition coefficient (Wildman–Crippen LogP) is 21.6. The number of rotatable bonds is 53. The van der Waals surface area contributed by atoms with Crippen molar-refractivity contribution in [2.45, 2.75) is 371 Å². The molecule has 19 heteroatoms. The summed E-state index contributed by atoms with van der Waals surface area (Å²) in [6.07, 6.45) is 40.5. The van der Waals surface area contributed by atoms with Crippen molar-refractivity contribution in [1.29, 1.82) is 0 Å². The van der Waals surface area contributed by atoms with Crippen LogP contribution in [0.1, 0.15) is 335 Å². The SMILES string of the molecule is C=C.CC(C)(CCCCBr)COC1CCCCO1.CC(C)(CCCCNCCCCC(C)(C)COC1CCCCO1)COC1CCCCO1.CC(C)(CO)CCCCNCCCCC(C)(C)CO.Cc1ccc(S(=O)(=O)N(CCCCC(C)(C)COC2CCCCO2)CCCCC(C)(C)COC2CCCCO2)cc1.[HH]. The van der Waals surface area contributed by atoms with Crippen LogP contribution in [0.4, 0.5) is 0 Å². The van der Waals surface area contributed by atoms with E-state index in [0.717, 1.165) is 199 Å². The second-order valence-electron chi connectivity index (χ2n) is 37.6. The summed E-state index contributed by atoms with van der Waals surface area (Å²) in [7, 11) is -3.55. The molecule has 5 fully saturated rings. The van der Waals surface area contributed by atoms with Crippen LogP contribution >= 0.6 is 15.9 Å². The van der Waals surface area contributed by atoms with E-state index in [1.807, 2.05) is 19.1 Å². The van der Waals surface area contributed by atoms with Crippen molar-refractivity contribution in [3.05, 3.63) is 43.0 Å². The molecule has 6 rings (SSSR count). The van der Waals surface area contributed by atoms with E-state index in [9.17, 15) is 8.42 Å². The van der Waals surface area contributed by atoms with Crippen LogP contribution < -0.4 is 10.6 Å². The van der Waals surface area contributed by atoms with E-state index in [2.05, 4.69) is 137 Å². The van der Waals surface area contributed by atoms with Gasteiger partial charge in [0.25, 0.3) is 0 Å².